The SMILES string of the molecule is Cc1c(Cl)cccc1NC(=O)c1oc2c(c1C)/C(=N/NC(=O)c1ccccc1F)CCC2. The average molecular weight is 454 g/mol. The molecular weight excluding hydrogens is 433 g/mol. The van der Waals surface area contributed by atoms with Gasteiger partial charge >= 0.3 is 0 Å². The Morgan fingerprint density at radius 2 is 1.81 bits per heavy atom. The molecule has 32 heavy (non-hydrogen) atoms. The maximum Gasteiger partial charge on any atom is 0.291 e. The summed E-state index contributed by atoms with van der Waals surface area (Å²) in [5.41, 5.74) is 5.63. The molecule has 6 nitrogen and oxygen atoms in total. The highest BCUT2D eigenvalue weighted by Crippen LogP contribution is 2.31. The van der Waals surface area contributed by atoms with E-state index in [4.69, 9.17) is 16.0 Å². The molecule has 0 unspecified atom stereocenters. The molecule has 1 aromatic heterocycles. The van der Waals surface area contributed by atoms with E-state index in [0.717, 1.165) is 12.0 Å². The fraction of sp³-hybridized carbons (Fsp3) is 0.208. The minimum atomic E-state index is -0.640. The molecule has 4 rings (SSSR count). The van der Waals surface area contributed by atoms with Gasteiger partial charge in [-0.15, -0.1) is 0 Å². The van der Waals surface area contributed by atoms with E-state index in [1.54, 1.807) is 31.2 Å². The number of hydrogen-bond donors (Lipinski definition) is 2. The van der Waals surface area contributed by atoms with Crippen molar-refractivity contribution in [2.45, 2.75) is 33.1 Å². The van der Waals surface area contributed by atoms with Crippen LogP contribution in [0.3, 0.4) is 0 Å². The van der Waals surface area contributed by atoms with Gasteiger partial charge in [-0.25, -0.2) is 9.82 Å². The number of hydrogen-bond acceptors (Lipinski definition) is 4. The Kier molecular flexibility index (Phi) is 6.10. The monoisotopic (exact) mass is 453 g/mol. The maximum atomic E-state index is 13.9. The van der Waals surface area contributed by atoms with Crippen LogP contribution in [0.2, 0.25) is 5.02 Å². The third kappa shape index (κ3) is 4.16. The minimum absolute atomic E-state index is 0.0891. The first-order valence-electron chi connectivity index (χ1n) is 10.2. The lowest BCUT2D eigenvalue weighted by atomic mass is 9.93. The van der Waals surface area contributed by atoms with Crippen LogP contribution in [0.5, 0.6) is 0 Å². The van der Waals surface area contributed by atoms with Crippen LogP contribution >= 0.6 is 11.6 Å². The van der Waals surface area contributed by atoms with E-state index in [1.165, 1.54) is 18.2 Å². The molecule has 0 spiro atoms. The summed E-state index contributed by atoms with van der Waals surface area (Å²) in [5.74, 6) is -0.829. The fourth-order valence-electron chi connectivity index (χ4n) is 3.74. The molecule has 3 aromatic rings. The van der Waals surface area contributed by atoms with Gasteiger partial charge in [-0.3, -0.25) is 9.59 Å². The second-order valence-corrected chi connectivity index (χ2v) is 7.96. The molecule has 0 fully saturated rings. The Hall–Kier alpha value is -3.45. The molecule has 0 atom stereocenters. The summed E-state index contributed by atoms with van der Waals surface area (Å²) in [6.07, 6.45) is 2.00. The molecule has 8 heteroatoms. The summed E-state index contributed by atoms with van der Waals surface area (Å²) < 4.78 is 19.7. The summed E-state index contributed by atoms with van der Waals surface area (Å²) in [7, 11) is 0. The number of carbonyl (C=O) groups is 2. The normalized spacial score (nSPS) is 14.2. The van der Waals surface area contributed by atoms with Gasteiger partial charge in [-0.2, -0.15) is 5.10 Å². The minimum Gasteiger partial charge on any atom is -0.455 e. The summed E-state index contributed by atoms with van der Waals surface area (Å²) in [6, 6.07) is 11.0. The molecule has 1 heterocycles. The number of anilines is 1. The quantitative estimate of drug-likeness (QED) is 0.518. The van der Waals surface area contributed by atoms with Crippen molar-refractivity contribution in [3.05, 3.63) is 87.1 Å². The zero-order valence-electron chi connectivity index (χ0n) is 17.6. The van der Waals surface area contributed by atoms with E-state index in [2.05, 4.69) is 15.8 Å². The van der Waals surface area contributed by atoms with Crippen molar-refractivity contribution < 1.29 is 18.4 Å². The van der Waals surface area contributed by atoms with Crippen molar-refractivity contribution in [1.82, 2.24) is 5.43 Å². The second-order valence-electron chi connectivity index (χ2n) is 7.55. The molecule has 164 valence electrons. The molecule has 0 saturated carbocycles. The second kappa shape index (κ2) is 8.96. The predicted molar refractivity (Wildman–Crippen MR) is 121 cm³/mol. The predicted octanol–water partition coefficient (Wildman–Crippen LogP) is 5.41. The number of rotatable bonds is 4. The van der Waals surface area contributed by atoms with E-state index in [1.807, 2.05) is 6.92 Å². The van der Waals surface area contributed by atoms with E-state index in [-0.39, 0.29) is 11.3 Å². The number of aryl methyl sites for hydroxylation is 1. The van der Waals surface area contributed by atoms with Crippen molar-refractivity contribution >= 4 is 34.8 Å². The maximum absolute atomic E-state index is 13.9. The Balaban J connectivity index is 1.59. The Labute approximate surface area is 189 Å². The van der Waals surface area contributed by atoms with Gasteiger partial charge in [0.25, 0.3) is 11.8 Å². The molecule has 0 aliphatic heterocycles. The van der Waals surface area contributed by atoms with Crippen LogP contribution in [0.15, 0.2) is 52.0 Å². The Morgan fingerprint density at radius 1 is 1.03 bits per heavy atom. The number of halogens is 2. The Bertz CT molecular complexity index is 1250. The largest absolute Gasteiger partial charge is 0.455 e. The van der Waals surface area contributed by atoms with Crippen molar-refractivity contribution in [1.29, 1.82) is 0 Å². The standard InChI is InChI=1S/C24H21ClFN3O3/c1-13-16(25)8-5-10-18(13)27-24(31)22-14(2)21-19(11-6-12-20(21)32-22)28-29-23(30)15-7-3-4-9-17(15)26/h3-5,7-10H,6,11-12H2,1-2H3,(H,27,31)(H,29,30)/b28-19+. The van der Waals surface area contributed by atoms with Crippen LogP contribution in [0.4, 0.5) is 10.1 Å². The number of hydrazone groups is 1. The van der Waals surface area contributed by atoms with Gasteiger partial charge in [0.05, 0.1) is 11.3 Å². The van der Waals surface area contributed by atoms with Crippen molar-refractivity contribution in [2.24, 2.45) is 5.10 Å². The highest BCUT2D eigenvalue weighted by Gasteiger charge is 2.28. The molecule has 0 bridgehead atoms. The highest BCUT2D eigenvalue weighted by molar-refractivity contribution is 6.31. The zero-order chi connectivity index (χ0) is 22.8. The molecule has 2 N–H and O–H groups in total. The first-order chi connectivity index (χ1) is 15.4. The number of nitrogens with one attached hydrogen (secondary N) is 2. The molecule has 2 aromatic carbocycles. The summed E-state index contributed by atoms with van der Waals surface area (Å²) in [5, 5.41) is 7.62. The van der Waals surface area contributed by atoms with Crippen molar-refractivity contribution in [3.63, 3.8) is 0 Å². The molecular formula is C24H21ClFN3O3. The van der Waals surface area contributed by atoms with Crippen molar-refractivity contribution in [3.8, 4) is 0 Å². The average Bonchev–Trinajstić information content (AvgIpc) is 3.13. The van der Waals surface area contributed by atoms with Gasteiger partial charge in [0.15, 0.2) is 5.76 Å². The van der Waals surface area contributed by atoms with Crippen LogP contribution in [-0.2, 0) is 6.42 Å². The summed E-state index contributed by atoms with van der Waals surface area (Å²) in [4.78, 5) is 25.2. The molecule has 0 radical (unpaired) electrons. The van der Waals surface area contributed by atoms with Gasteiger partial charge in [0, 0.05) is 28.3 Å². The first-order valence-corrected chi connectivity index (χ1v) is 10.5. The zero-order valence-corrected chi connectivity index (χ0v) is 18.3. The van der Waals surface area contributed by atoms with Gasteiger partial charge in [-0.05, 0) is 56.5 Å². The van der Waals surface area contributed by atoms with Gasteiger partial charge in [0.1, 0.15) is 11.6 Å². The number of furan rings is 1. The fourth-order valence-corrected chi connectivity index (χ4v) is 3.92. The third-order valence-corrected chi connectivity index (χ3v) is 5.87. The van der Waals surface area contributed by atoms with Crippen LogP contribution in [0.1, 0.15) is 56.2 Å². The number of nitrogens with zero attached hydrogens (tertiary/aromatic N) is 1. The summed E-state index contributed by atoms with van der Waals surface area (Å²) in [6.45, 7) is 3.60. The lowest BCUT2D eigenvalue weighted by Crippen LogP contribution is -2.23. The van der Waals surface area contributed by atoms with E-state index >= 15 is 0 Å². The van der Waals surface area contributed by atoms with E-state index < -0.39 is 17.6 Å². The summed E-state index contributed by atoms with van der Waals surface area (Å²) >= 11 is 6.14. The number of amides is 2. The van der Waals surface area contributed by atoms with Gasteiger partial charge in [0.2, 0.25) is 0 Å². The smallest absolute Gasteiger partial charge is 0.291 e. The van der Waals surface area contributed by atoms with Crippen molar-refractivity contribution in [2.75, 3.05) is 5.32 Å². The Morgan fingerprint density at radius 3 is 2.59 bits per heavy atom. The van der Waals surface area contributed by atoms with Crippen LogP contribution in [0.25, 0.3) is 0 Å². The lowest BCUT2D eigenvalue weighted by molar-refractivity contribution is 0.0949. The topological polar surface area (TPSA) is 83.7 Å². The van der Waals surface area contributed by atoms with Gasteiger partial charge in [-0.1, -0.05) is 29.8 Å². The first kappa shape index (κ1) is 21.8. The van der Waals surface area contributed by atoms with Crippen LogP contribution < -0.4 is 10.7 Å². The number of benzene rings is 2. The molecule has 1 aliphatic rings. The lowest BCUT2D eigenvalue weighted by Gasteiger charge is -2.13. The molecule has 2 amide bonds. The number of carbonyl (C=O) groups excluding carboxylic acids is 2. The number of fused-ring (bicyclic) bond motifs is 1. The van der Waals surface area contributed by atoms with Gasteiger partial charge < -0.3 is 9.73 Å². The highest BCUT2D eigenvalue weighted by atomic mass is 35.5. The van der Waals surface area contributed by atoms with Crippen LogP contribution in [0, 0.1) is 19.7 Å². The van der Waals surface area contributed by atoms with E-state index in [0.29, 0.717) is 46.2 Å². The molecule has 1 aliphatic carbocycles. The molecule has 0 saturated heterocycles. The van der Waals surface area contributed by atoms with Crippen LogP contribution in [-0.4, -0.2) is 17.5 Å². The van der Waals surface area contributed by atoms with E-state index in [9.17, 15) is 14.0 Å². The third-order valence-electron chi connectivity index (χ3n) is 5.46.